The molecular weight excluding hydrogens is 301 g/mol. The van der Waals surface area contributed by atoms with Crippen molar-refractivity contribution in [1.29, 1.82) is 0 Å². The number of primary sulfonamides is 1. The quantitative estimate of drug-likeness (QED) is 0.820. The van der Waals surface area contributed by atoms with Crippen LogP contribution in [0.1, 0.15) is 12.1 Å². The van der Waals surface area contributed by atoms with E-state index in [1.165, 1.54) is 0 Å². The molecule has 1 aromatic rings. The van der Waals surface area contributed by atoms with Crippen LogP contribution in [-0.2, 0) is 21.0 Å². The van der Waals surface area contributed by atoms with Gasteiger partial charge in [-0.1, -0.05) is 0 Å². The number of carbonyl (C=O) groups excluding carboxylic acids is 1. The van der Waals surface area contributed by atoms with E-state index < -0.39 is 33.1 Å². The van der Waals surface area contributed by atoms with Crippen molar-refractivity contribution < 1.29 is 26.4 Å². The van der Waals surface area contributed by atoms with Crippen LogP contribution in [0.3, 0.4) is 0 Å². The summed E-state index contributed by atoms with van der Waals surface area (Å²) in [4.78, 5) is 19.1. The molecule has 1 fully saturated rings. The highest BCUT2D eigenvalue weighted by Gasteiger charge is 2.39. The van der Waals surface area contributed by atoms with E-state index in [1.807, 2.05) is 0 Å². The highest BCUT2D eigenvalue weighted by atomic mass is 32.2. The van der Waals surface area contributed by atoms with Gasteiger partial charge in [0.1, 0.15) is 23.1 Å². The molecule has 0 bridgehead atoms. The first-order valence-electron chi connectivity index (χ1n) is 5.30. The van der Waals surface area contributed by atoms with E-state index in [4.69, 9.17) is 5.14 Å². The van der Waals surface area contributed by atoms with E-state index in [-0.39, 0.29) is 18.8 Å². The van der Waals surface area contributed by atoms with Crippen LogP contribution in [0.4, 0.5) is 19.0 Å². The number of nitrogens with two attached hydrogens (primary N) is 1. The van der Waals surface area contributed by atoms with E-state index >= 15 is 0 Å². The summed E-state index contributed by atoms with van der Waals surface area (Å²) in [5.41, 5.74) is -1.21. The van der Waals surface area contributed by atoms with Crippen LogP contribution < -0.4 is 10.0 Å². The monoisotopic (exact) mass is 310 g/mol. The lowest BCUT2D eigenvalue weighted by atomic mass is 10.3. The molecule has 110 valence electrons. The van der Waals surface area contributed by atoms with Gasteiger partial charge in [-0.2, -0.15) is 13.2 Å². The minimum absolute atomic E-state index is 0.302. The van der Waals surface area contributed by atoms with Gasteiger partial charge in [0.15, 0.2) is 0 Å². The van der Waals surface area contributed by atoms with Gasteiger partial charge in [0.05, 0.1) is 0 Å². The SMILES string of the molecule is NS(=O)(=O)C1CC(=O)N(c2cc(C(F)(F)F)ncn2)C1. The van der Waals surface area contributed by atoms with Crippen LogP contribution in [0.5, 0.6) is 0 Å². The average molecular weight is 310 g/mol. The van der Waals surface area contributed by atoms with Gasteiger partial charge < -0.3 is 0 Å². The second kappa shape index (κ2) is 4.66. The number of anilines is 1. The van der Waals surface area contributed by atoms with Gasteiger partial charge in [-0.05, 0) is 0 Å². The minimum atomic E-state index is -4.68. The smallest absolute Gasteiger partial charge is 0.295 e. The van der Waals surface area contributed by atoms with Gasteiger partial charge in [-0.25, -0.2) is 23.5 Å². The van der Waals surface area contributed by atoms with Gasteiger partial charge in [-0.15, -0.1) is 0 Å². The van der Waals surface area contributed by atoms with E-state index in [2.05, 4.69) is 9.97 Å². The fourth-order valence-electron chi connectivity index (χ4n) is 1.77. The van der Waals surface area contributed by atoms with E-state index in [0.717, 1.165) is 4.90 Å². The number of carbonyl (C=O) groups is 1. The number of amides is 1. The number of sulfonamides is 1. The third-order valence-corrected chi connectivity index (χ3v) is 4.02. The van der Waals surface area contributed by atoms with Gasteiger partial charge >= 0.3 is 6.18 Å². The summed E-state index contributed by atoms with van der Waals surface area (Å²) in [6.07, 6.45) is -4.40. The zero-order chi connectivity index (χ0) is 15.1. The van der Waals surface area contributed by atoms with Crippen molar-refractivity contribution in [3.05, 3.63) is 18.1 Å². The maximum Gasteiger partial charge on any atom is 0.433 e. The van der Waals surface area contributed by atoms with E-state index in [9.17, 15) is 26.4 Å². The standard InChI is InChI=1S/C9H9F3N4O3S/c10-9(11,12)6-2-7(15-4-14-6)16-3-5(1-8(16)17)20(13,18)19/h2,4-5H,1,3H2,(H2,13,18,19). The number of nitrogens with zero attached hydrogens (tertiary/aromatic N) is 3. The van der Waals surface area contributed by atoms with Crippen molar-refractivity contribution in [2.75, 3.05) is 11.4 Å². The maximum atomic E-state index is 12.5. The first-order chi connectivity index (χ1) is 9.09. The lowest BCUT2D eigenvalue weighted by Gasteiger charge is -2.16. The number of alkyl halides is 3. The Balaban J connectivity index is 2.32. The molecule has 20 heavy (non-hydrogen) atoms. The Kier molecular flexibility index (Phi) is 3.42. The van der Waals surface area contributed by atoms with Crippen LogP contribution in [-0.4, -0.2) is 36.1 Å². The van der Waals surface area contributed by atoms with Gasteiger partial charge in [0.25, 0.3) is 0 Å². The van der Waals surface area contributed by atoms with Crippen LogP contribution in [0.15, 0.2) is 12.4 Å². The Hall–Kier alpha value is -1.75. The number of hydrogen-bond donors (Lipinski definition) is 1. The van der Waals surface area contributed by atoms with Crippen molar-refractivity contribution in [3.63, 3.8) is 0 Å². The van der Waals surface area contributed by atoms with Crippen molar-refractivity contribution in [1.82, 2.24) is 9.97 Å². The largest absolute Gasteiger partial charge is 0.433 e. The molecular formula is C9H9F3N4O3S. The molecule has 1 aliphatic rings. The molecule has 1 atom stereocenters. The summed E-state index contributed by atoms with van der Waals surface area (Å²) < 4.78 is 59.9. The zero-order valence-corrected chi connectivity index (χ0v) is 10.6. The molecule has 1 amide bonds. The molecule has 0 aromatic carbocycles. The molecule has 1 aliphatic heterocycles. The summed E-state index contributed by atoms with van der Waals surface area (Å²) in [6, 6.07) is 0.587. The number of halogens is 3. The summed E-state index contributed by atoms with van der Waals surface area (Å²) >= 11 is 0. The van der Waals surface area contributed by atoms with Crippen molar-refractivity contribution in [2.24, 2.45) is 5.14 Å². The van der Waals surface area contributed by atoms with Crippen molar-refractivity contribution >= 4 is 21.7 Å². The molecule has 7 nitrogen and oxygen atoms in total. The molecule has 0 radical (unpaired) electrons. The average Bonchev–Trinajstić information content (AvgIpc) is 2.70. The molecule has 2 heterocycles. The Morgan fingerprint density at radius 1 is 1.35 bits per heavy atom. The second-order valence-corrected chi connectivity index (χ2v) is 6.02. The Morgan fingerprint density at radius 2 is 2.00 bits per heavy atom. The molecule has 2 rings (SSSR count). The van der Waals surface area contributed by atoms with Gasteiger partial charge in [0, 0.05) is 19.0 Å². The summed E-state index contributed by atoms with van der Waals surface area (Å²) in [6.45, 7) is -0.327. The predicted octanol–water partition coefficient (Wildman–Crippen LogP) is -0.111. The summed E-state index contributed by atoms with van der Waals surface area (Å²) in [5.74, 6) is -0.959. The lowest BCUT2D eigenvalue weighted by molar-refractivity contribution is -0.141. The lowest BCUT2D eigenvalue weighted by Crippen LogP contribution is -2.32. The Labute approximate surface area is 111 Å². The van der Waals surface area contributed by atoms with Crippen LogP contribution in [0, 0.1) is 0 Å². The van der Waals surface area contributed by atoms with Gasteiger partial charge in [-0.3, -0.25) is 9.69 Å². The zero-order valence-electron chi connectivity index (χ0n) is 9.83. The summed E-state index contributed by atoms with van der Waals surface area (Å²) in [7, 11) is -3.94. The highest BCUT2D eigenvalue weighted by molar-refractivity contribution is 7.89. The molecule has 11 heteroatoms. The van der Waals surface area contributed by atoms with Crippen molar-refractivity contribution in [2.45, 2.75) is 17.8 Å². The summed E-state index contributed by atoms with van der Waals surface area (Å²) in [5, 5.41) is 3.77. The van der Waals surface area contributed by atoms with Crippen LogP contribution in [0.25, 0.3) is 0 Å². The number of hydrogen-bond acceptors (Lipinski definition) is 5. The highest BCUT2D eigenvalue weighted by Crippen LogP contribution is 2.30. The van der Waals surface area contributed by atoms with E-state index in [1.54, 1.807) is 0 Å². The molecule has 2 N–H and O–H groups in total. The molecule has 0 aliphatic carbocycles. The normalized spacial score (nSPS) is 20.5. The second-order valence-electron chi connectivity index (χ2n) is 4.18. The minimum Gasteiger partial charge on any atom is -0.295 e. The fourth-order valence-corrected chi connectivity index (χ4v) is 2.50. The topological polar surface area (TPSA) is 106 Å². The molecule has 0 spiro atoms. The Morgan fingerprint density at radius 3 is 2.50 bits per heavy atom. The maximum absolute atomic E-state index is 12.5. The van der Waals surface area contributed by atoms with E-state index in [0.29, 0.717) is 12.4 Å². The molecule has 0 saturated carbocycles. The molecule has 1 aromatic heterocycles. The first kappa shape index (κ1) is 14.7. The number of aromatic nitrogens is 2. The van der Waals surface area contributed by atoms with Crippen LogP contribution >= 0.6 is 0 Å². The first-order valence-corrected chi connectivity index (χ1v) is 6.91. The third-order valence-electron chi connectivity index (χ3n) is 2.77. The predicted molar refractivity (Wildman–Crippen MR) is 60.9 cm³/mol. The van der Waals surface area contributed by atoms with Crippen LogP contribution in [0.2, 0.25) is 0 Å². The molecule has 1 unspecified atom stereocenters. The third kappa shape index (κ3) is 2.88. The van der Waals surface area contributed by atoms with Crippen molar-refractivity contribution in [3.8, 4) is 0 Å². The molecule has 1 saturated heterocycles. The number of rotatable bonds is 2. The fraction of sp³-hybridized carbons (Fsp3) is 0.444. The van der Waals surface area contributed by atoms with Gasteiger partial charge in [0.2, 0.25) is 15.9 Å². The Bertz CT molecular complexity index is 646.